The Labute approximate surface area is 166 Å². The number of halogens is 1. The van der Waals surface area contributed by atoms with Crippen molar-refractivity contribution in [1.82, 2.24) is 20.0 Å². The lowest BCUT2D eigenvalue weighted by Crippen LogP contribution is -2.51. The van der Waals surface area contributed by atoms with E-state index in [1.165, 1.54) is 23.1 Å². The monoisotopic (exact) mass is 412 g/mol. The van der Waals surface area contributed by atoms with Gasteiger partial charge in [0.2, 0.25) is 5.91 Å². The van der Waals surface area contributed by atoms with E-state index >= 15 is 0 Å². The van der Waals surface area contributed by atoms with E-state index < -0.39 is 0 Å². The van der Waals surface area contributed by atoms with Crippen LogP contribution in [0.5, 0.6) is 5.75 Å². The second kappa shape index (κ2) is 9.55. The quantitative estimate of drug-likeness (QED) is 0.652. The van der Waals surface area contributed by atoms with Gasteiger partial charge < -0.3 is 9.64 Å². The van der Waals surface area contributed by atoms with Crippen molar-refractivity contribution >= 4 is 40.6 Å². The molecule has 140 valence electrons. The van der Waals surface area contributed by atoms with Crippen LogP contribution in [0.1, 0.15) is 6.92 Å². The molecule has 0 aliphatic carbocycles. The fourth-order valence-corrected chi connectivity index (χ4v) is 4.52. The zero-order valence-electron chi connectivity index (χ0n) is 14.5. The van der Waals surface area contributed by atoms with Crippen LogP contribution in [0.2, 0.25) is 5.02 Å². The molecule has 1 aromatic carbocycles. The number of benzene rings is 1. The number of hydrogen-bond acceptors (Lipinski definition) is 7. The smallest absolute Gasteiger partial charge is 0.235 e. The molecule has 3 rings (SSSR count). The Morgan fingerprint density at radius 2 is 2.04 bits per heavy atom. The second-order valence-electron chi connectivity index (χ2n) is 5.93. The maximum Gasteiger partial charge on any atom is 0.235 e. The molecule has 1 aliphatic rings. The number of hydrogen-bond donors (Lipinski definition) is 0. The van der Waals surface area contributed by atoms with Gasteiger partial charge in [0.05, 0.1) is 5.25 Å². The van der Waals surface area contributed by atoms with E-state index in [-0.39, 0.29) is 11.2 Å². The van der Waals surface area contributed by atoms with E-state index in [2.05, 4.69) is 15.1 Å². The molecule has 9 heteroatoms. The number of ether oxygens (including phenoxy) is 1. The largest absolute Gasteiger partial charge is 0.492 e. The summed E-state index contributed by atoms with van der Waals surface area (Å²) < 4.78 is 6.58. The van der Waals surface area contributed by atoms with Gasteiger partial charge >= 0.3 is 0 Å². The summed E-state index contributed by atoms with van der Waals surface area (Å²) >= 11 is 8.81. The maximum atomic E-state index is 12.6. The van der Waals surface area contributed by atoms with E-state index in [0.29, 0.717) is 11.6 Å². The minimum Gasteiger partial charge on any atom is -0.492 e. The molecular weight excluding hydrogens is 392 g/mol. The summed E-state index contributed by atoms with van der Waals surface area (Å²) in [6.45, 7) is 6.64. The fraction of sp³-hybridized carbons (Fsp3) is 0.471. The Morgan fingerprint density at radius 3 is 2.69 bits per heavy atom. The maximum absolute atomic E-state index is 12.6. The van der Waals surface area contributed by atoms with Crippen LogP contribution in [0, 0.1) is 0 Å². The molecule has 1 saturated heterocycles. The minimum absolute atomic E-state index is 0.136. The number of thioether (sulfide) groups is 1. The molecule has 2 heterocycles. The molecule has 6 nitrogen and oxygen atoms in total. The van der Waals surface area contributed by atoms with Crippen LogP contribution in [-0.4, -0.2) is 70.5 Å². The van der Waals surface area contributed by atoms with Crippen molar-refractivity contribution in [3.05, 3.63) is 34.8 Å². The Balaban J connectivity index is 1.36. The molecule has 0 saturated carbocycles. The predicted octanol–water partition coefficient (Wildman–Crippen LogP) is 2.90. The van der Waals surface area contributed by atoms with Gasteiger partial charge in [-0.1, -0.05) is 34.7 Å². The lowest BCUT2D eigenvalue weighted by atomic mass is 10.3. The van der Waals surface area contributed by atoms with Gasteiger partial charge in [-0.2, -0.15) is 0 Å². The molecule has 0 bridgehead atoms. The molecule has 0 N–H and O–H groups in total. The highest BCUT2D eigenvalue weighted by atomic mass is 35.5. The first kappa shape index (κ1) is 19.4. The first-order valence-electron chi connectivity index (χ1n) is 8.44. The average molecular weight is 413 g/mol. The van der Waals surface area contributed by atoms with Gasteiger partial charge in [0, 0.05) is 37.7 Å². The number of amides is 1. The Hall–Kier alpha value is -1.35. The van der Waals surface area contributed by atoms with Crippen LogP contribution in [0.15, 0.2) is 34.1 Å². The fourth-order valence-electron chi connectivity index (χ4n) is 2.69. The summed E-state index contributed by atoms with van der Waals surface area (Å²) in [5, 5.41) is 8.37. The minimum atomic E-state index is -0.136. The topological polar surface area (TPSA) is 58.6 Å². The summed E-state index contributed by atoms with van der Waals surface area (Å²) in [6, 6.07) is 7.39. The molecule has 1 fully saturated rings. The molecule has 0 unspecified atom stereocenters. The van der Waals surface area contributed by atoms with Crippen LogP contribution in [0.3, 0.4) is 0 Å². The van der Waals surface area contributed by atoms with Crippen LogP contribution >= 0.6 is 34.7 Å². The third-order valence-electron chi connectivity index (χ3n) is 4.14. The lowest BCUT2D eigenvalue weighted by molar-refractivity contribution is -0.132. The number of rotatable bonds is 7. The van der Waals surface area contributed by atoms with Crippen molar-refractivity contribution in [2.75, 3.05) is 39.3 Å². The van der Waals surface area contributed by atoms with E-state index in [0.717, 1.165) is 42.8 Å². The van der Waals surface area contributed by atoms with Crippen molar-refractivity contribution < 1.29 is 9.53 Å². The van der Waals surface area contributed by atoms with Crippen molar-refractivity contribution in [2.24, 2.45) is 0 Å². The van der Waals surface area contributed by atoms with Crippen molar-refractivity contribution in [1.29, 1.82) is 0 Å². The summed E-state index contributed by atoms with van der Waals surface area (Å²) in [7, 11) is 0. The number of nitrogens with zero attached hydrogens (tertiary/aromatic N) is 4. The molecule has 0 radical (unpaired) electrons. The lowest BCUT2D eigenvalue weighted by Gasteiger charge is -2.35. The molecule has 1 atom stereocenters. The van der Waals surface area contributed by atoms with Crippen LogP contribution < -0.4 is 4.74 Å². The molecule has 26 heavy (non-hydrogen) atoms. The molecular formula is C17H21ClN4O2S2. The Morgan fingerprint density at radius 1 is 1.31 bits per heavy atom. The van der Waals surface area contributed by atoms with Crippen LogP contribution in [0.25, 0.3) is 0 Å². The highest BCUT2D eigenvalue weighted by molar-refractivity contribution is 8.02. The van der Waals surface area contributed by atoms with Crippen molar-refractivity contribution in [2.45, 2.75) is 16.5 Å². The van der Waals surface area contributed by atoms with Crippen molar-refractivity contribution in [3.8, 4) is 5.75 Å². The summed E-state index contributed by atoms with van der Waals surface area (Å²) in [5.41, 5.74) is 1.68. The van der Waals surface area contributed by atoms with E-state index in [4.69, 9.17) is 16.3 Å². The highest BCUT2D eigenvalue weighted by Gasteiger charge is 2.26. The summed E-state index contributed by atoms with van der Waals surface area (Å²) in [5.74, 6) is 0.994. The molecule has 1 aliphatic heterocycles. The van der Waals surface area contributed by atoms with Gasteiger partial charge in [-0.25, -0.2) is 0 Å². The third kappa shape index (κ3) is 5.57. The number of piperazine rings is 1. The van der Waals surface area contributed by atoms with Gasteiger partial charge in [-0.15, -0.1) is 10.2 Å². The zero-order chi connectivity index (χ0) is 18.4. The van der Waals surface area contributed by atoms with Gasteiger partial charge in [0.25, 0.3) is 0 Å². The predicted molar refractivity (Wildman–Crippen MR) is 105 cm³/mol. The Bertz CT molecular complexity index is 691. The number of carbonyl (C=O) groups excluding carboxylic acids is 1. The van der Waals surface area contributed by atoms with Gasteiger partial charge in [0.1, 0.15) is 17.9 Å². The van der Waals surface area contributed by atoms with E-state index in [1.54, 1.807) is 5.51 Å². The van der Waals surface area contributed by atoms with Gasteiger partial charge in [0.15, 0.2) is 4.34 Å². The first-order chi connectivity index (χ1) is 12.6. The van der Waals surface area contributed by atoms with Gasteiger partial charge in [-0.05, 0) is 31.2 Å². The normalized spacial score (nSPS) is 16.5. The van der Waals surface area contributed by atoms with E-state index in [1.807, 2.05) is 36.1 Å². The zero-order valence-corrected chi connectivity index (χ0v) is 16.9. The number of carbonyl (C=O) groups is 1. The summed E-state index contributed by atoms with van der Waals surface area (Å²) in [6.07, 6.45) is 0. The molecule has 1 aromatic heterocycles. The van der Waals surface area contributed by atoms with Crippen LogP contribution in [-0.2, 0) is 4.79 Å². The van der Waals surface area contributed by atoms with Gasteiger partial charge in [-0.3, -0.25) is 9.69 Å². The first-order valence-corrected chi connectivity index (χ1v) is 10.6. The van der Waals surface area contributed by atoms with Crippen molar-refractivity contribution in [3.63, 3.8) is 0 Å². The highest BCUT2D eigenvalue weighted by Crippen LogP contribution is 2.25. The molecule has 2 aromatic rings. The van der Waals surface area contributed by atoms with Crippen LogP contribution in [0.4, 0.5) is 0 Å². The van der Waals surface area contributed by atoms with E-state index in [9.17, 15) is 4.79 Å². The SMILES string of the molecule is C[C@H](Sc1nncs1)C(=O)N1CCN(CCOc2ccc(Cl)cc2)CC1. The second-order valence-corrected chi connectivity index (χ2v) is 8.79. The number of aromatic nitrogens is 2. The molecule has 0 spiro atoms. The average Bonchev–Trinajstić information content (AvgIpc) is 3.16. The summed E-state index contributed by atoms with van der Waals surface area (Å²) in [4.78, 5) is 16.8. The molecule has 1 amide bonds. The standard InChI is InChI=1S/C17H21ClN4O2S2/c1-13(26-17-20-19-12-25-17)16(23)22-8-6-21(7-9-22)10-11-24-15-4-2-14(18)3-5-15/h2-5,12-13H,6-11H2,1H3/t13-/m0/s1. The third-order valence-corrected chi connectivity index (χ3v) is 6.29. The Kier molecular flexibility index (Phi) is 7.13.